The Morgan fingerprint density at radius 3 is 1.53 bits per heavy atom. The van der Waals surface area contributed by atoms with Crippen LogP contribution < -0.4 is 60.7 Å². The van der Waals surface area contributed by atoms with Gasteiger partial charge in [-0.1, -0.05) is 36.4 Å². The van der Waals surface area contributed by atoms with E-state index in [4.69, 9.17) is 38.9 Å². The minimum Gasteiger partial charge on any atom is -0.493 e. The van der Waals surface area contributed by atoms with Crippen LogP contribution in [0, 0.1) is 33.5 Å². The van der Waals surface area contributed by atoms with Crippen LogP contribution >= 0.6 is 11.3 Å². The largest absolute Gasteiger partial charge is 0.493 e. The van der Waals surface area contributed by atoms with Gasteiger partial charge in [0.2, 0.25) is 29.7 Å². The zero-order valence-corrected chi connectivity index (χ0v) is 82.9. The van der Waals surface area contributed by atoms with Crippen molar-refractivity contribution in [3.63, 3.8) is 0 Å². The van der Waals surface area contributed by atoms with Crippen molar-refractivity contribution in [2.24, 2.45) is 40.2 Å². The van der Waals surface area contributed by atoms with Gasteiger partial charge in [-0.15, -0.1) is 36.8 Å². The number of carbonyl (C=O) groups excluding carboxylic acids is 7. The van der Waals surface area contributed by atoms with E-state index in [9.17, 15) is 38.0 Å². The number of halogens is 1. The van der Waals surface area contributed by atoms with Crippen LogP contribution in [-0.2, 0) is 59.3 Å². The van der Waals surface area contributed by atoms with E-state index in [2.05, 4.69) is 153 Å². The van der Waals surface area contributed by atoms with Crippen molar-refractivity contribution in [2.45, 2.75) is 79.1 Å². The number of carbonyl (C=O) groups is 7. The Kier molecular flexibility index (Phi) is 35.2. The molecule has 0 saturated heterocycles. The van der Waals surface area contributed by atoms with Gasteiger partial charge in [-0.05, 0) is 179 Å². The quantitative estimate of drug-likeness (QED) is 0.0187. The van der Waals surface area contributed by atoms with Gasteiger partial charge in [-0.25, -0.2) is 14.4 Å². The molecule has 47 nitrogen and oxygen atoms in total. The van der Waals surface area contributed by atoms with Gasteiger partial charge < -0.3 is 48.8 Å². The summed E-state index contributed by atoms with van der Waals surface area (Å²) in [5.74, 6) is 4.34. The van der Waals surface area contributed by atoms with E-state index >= 15 is 0 Å². The number of ketones is 1. The number of thiazole rings is 1. The first-order valence-corrected chi connectivity index (χ1v) is 46.5. The molecule has 6 amide bonds. The maximum absolute atomic E-state index is 13.3. The van der Waals surface area contributed by atoms with Crippen molar-refractivity contribution in [3.05, 3.63) is 315 Å². The zero-order chi connectivity index (χ0) is 106. The number of methoxy groups -OCH3 is 4. The number of Topliss-reactive ketones (excluding diaryl/α,β-unsaturated/α-hetero) is 1. The number of aromatic amines is 4. The second kappa shape index (κ2) is 50.5. The smallest absolute Gasteiger partial charge is 0.270 e. The summed E-state index contributed by atoms with van der Waals surface area (Å²) in [7, 11) is 9.84. The topological polar surface area (TPSA) is 612 Å². The minimum atomic E-state index is -0.694. The fourth-order valence-corrected chi connectivity index (χ4v) is 15.2. The van der Waals surface area contributed by atoms with Gasteiger partial charge in [0, 0.05) is 117 Å². The van der Waals surface area contributed by atoms with Gasteiger partial charge in [0.15, 0.2) is 64.8 Å². The van der Waals surface area contributed by atoms with Crippen molar-refractivity contribution >= 4 is 99.3 Å². The van der Waals surface area contributed by atoms with E-state index in [0.717, 1.165) is 50.6 Å². The molecule has 0 aliphatic carbocycles. The van der Waals surface area contributed by atoms with Crippen molar-refractivity contribution in [2.75, 3.05) is 56.3 Å². The van der Waals surface area contributed by atoms with Crippen LogP contribution in [0.25, 0.3) is 46.1 Å². The molecule has 16 heterocycles. The van der Waals surface area contributed by atoms with Crippen LogP contribution in [0.15, 0.2) is 252 Å². The Labute approximate surface area is 857 Å². The van der Waals surface area contributed by atoms with E-state index in [1.807, 2.05) is 131 Å². The number of H-pyrrole nitrogens is 4. The number of anilines is 4. The molecule has 1 atom stereocenters. The predicted octanol–water partition coefficient (Wildman–Crippen LogP) is 11.9. The number of hydrogen-bond donors (Lipinski definition) is 10. The van der Waals surface area contributed by atoms with E-state index in [1.54, 1.807) is 141 Å². The third kappa shape index (κ3) is 28.4. The van der Waals surface area contributed by atoms with E-state index in [0.29, 0.717) is 163 Å². The molecule has 3 aliphatic heterocycles. The summed E-state index contributed by atoms with van der Waals surface area (Å²) in [5.41, 5.74) is 17.6. The lowest BCUT2D eigenvalue weighted by atomic mass is 10.0. The number of amides is 6. The molecular formula is C101H96FN33O14S. The summed E-state index contributed by atoms with van der Waals surface area (Å²) in [5, 5.41) is 61.7. The van der Waals surface area contributed by atoms with Gasteiger partial charge in [-0.2, -0.15) is 40.3 Å². The zero-order valence-electron chi connectivity index (χ0n) is 82.0. The molecule has 150 heavy (non-hydrogen) atoms. The van der Waals surface area contributed by atoms with Gasteiger partial charge in [-0.3, -0.25) is 110 Å². The van der Waals surface area contributed by atoms with Gasteiger partial charge in [0.25, 0.3) is 29.5 Å². The first kappa shape index (κ1) is 105. The molecule has 0 saturated carbocycles. The summed E-state index contributed by atoms with van der Waals surface area (Å²) in [6.45, 7) is 7.97. The average molecular weight is 2050 g/mol. The Bertz CT molecular complexity index is 7750. The molecule has 0 radical (unpaired) electrons. The van der Waals surface area contributed by atoms with Crippen LogP contribution in [0.3, 0.4) is 0 Å². The standard InChI is InChI=1S/C19H17N7O2.C19H18N4O4.C18H15FN4O2.C16H15N5O3.C15H17N7O.C14H14N6O2S/c1-26-11-10-21-16(26)12-28-14-7-5-13(6-8-14)18(27)23-19-22-17(24-25-19)15-4-2-3-9-20-15;1-26-18-8-12(5-6-17(18)27-11-19(20)25)16(24)10-13-9-15(23-22-13)14-4-2-3-7-21-14;1-10-3-2-4-13(20-10)14-9-17(23-22-14)21-18(24)16-8-11-7-12(19)5-6-15(11)25-16;1-23-12-7-6-10(9-13(12)24-2)15(22)19-16-18-14(20-21-16)11-5-3-4-8-17-11;1-9-11(10(2)22(3)21-9)8-13(23)17-15-18-14(19-20-15)12-6-4-5-7-16-12;1-8-11(23-10(16-8)7-22-2)13(21)18-14-17-12(19-20-14)9-5-3-4-6-15-9/h2-11H,12H2,1H3,(H2,22,23,24,25,27);2-8H,9-11H2,1H3,(H2,20,25);2-7,16H,8-9H2,1H3,(H,21,23,24);3-9H,1-2H3,(H2,18,19,20,21,22);4-7H,8H2,1-3H3,(H2,17,18,19,20,23);3-6H,7H2,1-2H3,(H2,17,18,19,20,21). The molecule has 17 aromatic rings. The SMILES string of the molecule is COCc1nc(C)c(C(=O)Nc2n[nH]c(-c3ccccn3)n2)s1.COc1cc(C(=O)CC2=NN=C(c3ccccn3)C2)ccc1OCC(N)=O.COc1ccc(C(=O)Nc2n[nH]c(-c3ccccn3)n2)cc1OC.Cc1cccc(C2=NN=C(NC(=O)C3Cc4cc(F)ccc4O3)C2)n1.Cc1nn(C)c(C)c1CC(=O)Nc1n[nH]c(-c2ccccn2)n1.Cn1ccnc1COc1ccc(C(=O)Nc2n[nH]c(-c3ccccn3)n2)cc1. The van der Waals surface area contributed by atoms with Crippen LogP contribution in [0.1, 0.15) is 116 Å². The summed E-state index contributed by atoms with van der Waals surface area (Å²) >= 11 is 1.29. The number of imidazole rings is 1. The van der Waals surface area contributed by atoms with Crippen molar-refractivity contribution in [3.8, 4) is 80.6 Å². The lowest BCUT2D eigenvalue weighted by molar-refractivity contribution is -0.125. The summed E-state index contributed by atoms with van der Waals surface area (Å²) in [4.78, 5) is 136. The van der Waals surface area contributed by atoms with E-state index in [-0.39, 0.29) is 84.4 Å². The van der Waals surface area contributed by atoms with Crippen LogP contribution in [0.5, 0.6) is 34.5 Å². The third-order valence-electron chi connectivity index (χ3n) is 21.8. The highest BCUT2D eigenvalue weighted by molar-refractivity contribution is 7.13. The Hall–Kier alpha value is -19.7. The van der Waals surface area contributed by atoms with Crippen molar-refractivity contribution in [1.29, 1.82) is 0 Å². The van der Waals surface area contributed by atoms with Crippen LogP contribution in [-0.4, -0.2) is 220 Å². The summed E-state index contributed by atoms with van der Waals surface area (Å²) in [6.07, 6.45) is 12.8. The maximum Gasteiger partial charge on any atom is 0.270 e. The van der Waals surface area contributed by atoms with Crippen LogP contribution in [0.2, 0.25) is 0 Å². The number of fused-ring (bicyclic) bond motifs is 1. The molecule has 0 bridgehead atoms. The first-order valence-electron chi connectivity index (χ1n) is 45.7. The molecule has 20 rings (SSSR count). The maximum atomic E-state index is 13.3. The number of amidine groups is 1. The predicted molar refractivity (Wildman–Crippen MR) is 548 cm³/mol. The number of aryl methyl sites for hydroxylation is 5. The molecule has 11 N–H and O–H groups in total. The molecule has 762 valence electrons. The number of benzene rings is 4. The van der Waals surface area contributed by atoms with Gasteiger partial charge in [0.1, 0.15) is 68.2 Å². The number of nitrogens with one attached hydrogen (secondary N) is 9. The Morgan fingerprint density at radius 2 is 1.00 bits per heavy atom. The first-order chi connectivity index (χ1) is 72.7. The van der Waals surface area contributed by atoms with Gasteiger partial charge >= 0.3 is 0 Å². The number of hydrogen-bond acceptors (Lipinski definition) is 36. The van der Waals surface area contributed by atoms with Gasteiger partial charge in [0.05, 0.1) is 87.1 Å². The number of pyridine rings is 6. The molecule has 0 spiro atoms. The highest BCUT2D eigenvalue weighted by Gasteiger charge is 2.32. The van der Waals surface area contributed by atoms with Crippen molar-refractivity contribution < 1.29 is 71.1 Å². The average Bonchev–Trinajstić information content (AvgIpc) is 1.66. The normalized spacial score (nSPS) is 12.3. The Balaban J connectivity index is 0.000000135. The molecule has 13 aromatic heterocycles. The second-order valence-corrected chi connectivity index (χ2v) is 33.4. The number of aromatic nitrogens is 23. The monoisotopic (exact) mass is 2050 g/mol. The number of nitrogens with zero attached hydrogens (tertiary/aromatic N) is 23. The molecular weight excluding hydrogens is 1950 g/mol. The Morgan fingerprint density at radius 1 is 0.480 bits per heavy atom. The number of ether oxygens (including phenoxy) is 7. The molecule has 4 aromatic carbocycles. The fourth-order valence-electron chi connectivity index (χ4n) is 14.3. The molecule has 0 fully saturated rings. The third-order valence-corrected chi connectivity index (χ3v) is 22.9. The minimum absolute atomic E-state index is 0.119. The molecule has 49 heteroatoms. The lowest BCUT2D eigenvalue weighted by Crippen LogP contribution is -2.40. The highest BCUT2D eigenvalue weighted by atomic mass is 32.1. The van der Waals surface area contributed by atoms with E-state index < -0.39 is 12.0 Å². The highest BCUT2D eigenvalue weighted by Crippen LogP contribution is 2.33. The summed E-state index contributed by atoms with van der Waals surface area (Å²) < 4.78 is 54.0. The van der Waals surface area contributed by atoms with E-state index in [1.165, 1.54) is 50.9 Å². The summed E-state index contributed by atoms with van der Waals surface area (Å²) in [6, 6.07) is 53.7. The lowest BCUT2D eigenvalue weighted by Gasteiger charge is -2.11. The van der Waals surface area contributed by atoms with Crippen LogP contribution in [0.4, 0.5) is 28.2 Å². The number of nitrogens with two attached hydrogens (primary N) is 1. The van der Waals surface area contributed by atoms with Crippen molar-refractivity contribution in [1.82, 2.24) is 120 Å². The number of primary amides is 1. The molecule has 3 aliphatic rings. The second-order valence-electron chi connectivity index (χ2n) is 32.4. The molecule has 1 unspecified atom stereocenters. The fraction of sp³-hybridized carbons (Fsp3) is 0.188. The number of rotatable bonds is 30.